The SMILES string of the molecule is CC(=O)Nc1cccc(-c2nc3[nH]ncc3c3c2CN(C(=O)OC(C)(C)C)CC3)c1. The van der Waals surface area contributed by atoms with Gasteiger partial charge in [-0.15, -0.1) is 0 Å². The molecule has 0 saturated carbocycles. The molecule has 3 aromatic rings. The first-order valence-electron chi connectivity index (χ1n) is 9.92. The summed E-state index contributed by atoms with van der Waals surface area (Å²) in [5.41, 5.74) is 4.58. The van der Waals surface area contributed by atoms with Crippen LogP contribution in [-0.4, -0.2) is 44.2 Å². The molecule has 8 nitrogen and oxygen atoms in total. The Morgan fingerprint density at radius 3 is 2.77 bits per heavy atom. The average Bonchev–Trinajstić information content (AvgIpc) is 3.14. The number of anilines is 1. The lowest BCUT2D eigenvalue weighted by Gasteiger charge is -2.32. The summed E-state index contributed by atoms with van der Waals surface area (Å²) in [4.78, 5) is 30.7. The summed E-state index contributed by atoms with van der Waals surface area (Å²) >= 11 is 0. The summed E-state index contributed by atoms with van der Waals surface area (Å²) in [6.07, 6.45) is 2.13. The van der Waals surface area contributed by atoms with Crippen LogP contribution in [0.2, 0.25) is 0 Å². The second-order valence-electron chi connectivity index (χ2n) is 8.46. The third-order valence-corrected chi connectivity index (χ3v) is 4.91. The van der Waals surface area contributed by atoms with Gasteiger partial charge < -0.3 is 15.0 Å². The van der Waals surface area contributed by atoms with Gasteiger partial charge in [-0.2, -0.15) is 5.10 Å². The van der Waals surface area contributed by atoms with Crippen LogP contribution in [-0.2, 0) is 22.5 Å². The normalized spacial score (nSPS) is 13.8. The highest BCUT2D eigenvalue weighted by molar-refractivity contribution is 5.90. The Kier molecular flexibility index (Phi) is 4.93. The molecule has 2 amide bonds. The molecule has 4 rings (SSSR count). The molecular formula is C22H25N5O3. The van der Waals surface area contributed by atoms with E-state index in [0.717, 1.165) is 27.8 Å². The number of pyridine rings is 1. The molecule has 0 atom stereocenters. The van der Waals surface area contributed by atoms with E-state index in [2.05, 4.69) is 15.5 Å². The van der Waals surface area contributed by atoms with E-state index in [1.54, 1.807) is 11.1 Å². The van der Waals surface area contributed by atoms with Crippen molar-refractivity contribution in [3.8, 4) is 11.3 Å². The number of carbonyl (C=O) groups excluding carboxylic acids is 2. The first-order valence-corrected chi connectivity index (χ1v) is 9.92. The van der Waals surface area contributed by atoms with Crippen molar-refractivity contribution in [1.29, 1.82) is 0 Å². The standard InChI is InChI=1S/C22H25N5O3/c1-13(28)24-15-7-5-6-14(10-15)19-18-12-27(21(29)30-22(2,3)4)9-8-16(18)17-11-23-26-20(17)25-19/h5-7,10-11H,8-9,12H2,1-4H3,(H,24,28)(H,23,25,26). The van der Waals surface area contributed by atoms with Gasteiger partial charge in [0.15, 0.2) is 5.65 Å². The van der Waals surface area contributed by atoms with E-state index in [4.69, 9.17) is 9.72 Å². The lowest BCUT2D eigenvalue weighted by molar-refractivity contribution is -0.114. The lowest BCUT2D eigenvalue weighted by Crippen LogP contribution is -2.40. The minimum absolute atomic E-state index is 0.137. The number of aromatic nitrogens is 3. The summed E-state index contributed by atoms with van der Waals surface area (Å²) in [5.74, 6) is -0.137. The second-order valence-corrected chi connectivity index (χ2v) is 8.46. The van der Waals surface area contributed by atoms with Gasteiger partial charge in [-0.1, -0.05) is 12.1 Å². The van der Waals surface area contributed by atoms with Gasteiger partial charge in [0.05, 0.1) is 18.4 Å². The molecule has 0 aliphatic carbocycles. The Hall–Kier alpha value is -3.42. The molecule has 0 unspecified atom stereocenters. The van der Waals surface area contributed by atoms with Gasteiger partial charge in [-0.05, 0) is 44.9 Å². The predicted octanol–water partition coefficient (Wildman–Crippen LogP) is 3.88. The van der Waals surface area contributed by atoms with Crippen LogP contribution in [0.15, 0.2) is 30.5 Å². The maximum Gasteiger partial charge on any atom is 0.410 e. The highest BCUT2D eigenvalue weighted by Crippen LogP contribution is 2.34. The van der Waals surface area contributed by atoms with Crippen molar-refractivity contribution in [2.75, 3.05) is 11.9 Å². The summed E-state index contributed by atoms with van der Waals surface area (Å²) < 4.78 is 5.57. The number of nitrogens with zero attached hydrogens (tertiary/aromatic N) is 3. The Labute approximate surface area is 174 Å². The molecule has 0 spiro atoms. The zero-order valence-electron chi connectivity index (χ0n) is 17.6. The average molecular weight is 407 g/mol. The van der Waals surface area contributed by atoms with Gasteiger partial charge in [0.2, 0.25) is 5.91 Å². The van der Waals surface area contributed by atoms with Gasteiger partial charge >= 0.3 is 6.09 Å². The van der Waals surface area contributed by atoms with Crippen LogP contribution in [0.3, 0.4) is 0 Å². The molecule has 0 bridgehead atoms. The number of nitrogens with one attached hydrogen (secondary N) is 2. The molecule has 0 radical (unpaired) electrons. The van der Waals surface area contributed by atoms with E-state index in [0.29, 0.717) is 30.8 Å². The molecular weight excluding hydrogens is 382 g/mol. The van der Waals surface area contributed by atoms with E-state index in [1.165, 1.54) is 6.92 Å². The smallest absolute Gasteiger partial charge is 0.410 e. The van der Waals surface area contributed by atoms with Gasteiger partial charge in [-0.25, -0.2) is 9.78 Å². The number of carbonyl (C=O) groups is 2. The molecule has 1 aliphatic heterocycles. The first kappa shape index (κ1) is 19.9. The minimum atomic E-state index is -0.556. The molecule has 2 aromatic heterocycles. The van der Waals surface area contributed by atoms with Crippen LogP contribution >= 0.6 is 0 Å². The Morgan fingerprint density at radius 2 is 2.03 bits per heavy atom. The maximum atomic E-state index is 12.7. The third-order valence-electron chi connectivity index (χ3n) is 4.91. The first-order chi connectivity index (χ1) is 14.2. The zero-order valence-corrected chi connectivity index (χ0v) is 17.6. The van der Waals surface area contributed by atoms with Gasteiger partial charge in [0.1, 0.15) is 5.60 Å². The molecule has 0 fully saturated rings. The summed E-state index contributed by atoms with van der Waals surface area (Å²) in [7, 11) is 0. The predicted molar refractivity (Wildman–Crippen MR) is 114 cm³/mol. The van der Waals surface area contributed by atoms with Gasteiger partial charge in [0, 0.05) is 35.7 Å². The van der Waals surface area contributed by atoms with Crippen molar-refractivity contribution in [1.82, 2.24) is 20.1 Å². The number of fused-ring (bicyclic) bond motifs is 3. The van der Waals surface area contributed by atoms with Crippen LogP contribution in [0, 0.1) is 0 Å². The van der Waals surface area contributed by atoms with Crippen molar-refractivity contribution in [3.05, 3.63) is 41.6 Å². The number of benzene rings is 1. The minimum Gasteiger partial charge on any atom is -0.444 e. The number of H-pyrrole nitrogens is 1. The summed E-state index contributed by atoms with van der Waals surface area (Å²) in [5, 5.41) is 10.9. The van der Waals surface area contributed by atoms with Crippen molar-refractivity contribution in [2.24, 2.45) is 0 Å². The summed E-state index contributed by atoms with van der Waals surface area (Å²) in [6, 6.07) is 7.54. The topological polar surface area (TPSA) is 100 Å². The molecule has 2 N–H and O–H groups in total. The van der Waals surface area contributed by atoms with Crippen molar-refractivity contribution >= 4 is 28.7 Å². The Bertz CT molecular complexity index is 1130. The highest BCUT2D eigenvalue weighted by Gasteiger charge is 2.29. The van der Waals surface area contributed by atoms with E-state index in [9.17, 15) is 9.59 Å². The van der Waals surface area contributed by atoms with Crippen molar-refractivity contribution < 1.29 is 14.3 Å². The molecule has 0 saturated heterocycles. The number of ether oxygens (including phenoxy) is 1. The van der Waals surface area contributed by atoms with Gasteiger partial charge in [0.25, 0.3) is 0 Å². The van der Waals surface area contributed by atoms with Crippen molar-refractivity contribution in [2.45, 2.75) is 46.3 Å². The molecule has 8 heteroatoms. The quantitative estimate of drug-likeness (QED) is 0.672. The monoisotopic (exact) mass is 407 g/mol. The number of hydrogen-bond donors (Lipinski definition) is 2. The maximum absolute atomic E-state index is 12.7. The third kappa shape index (κ3) is 3.98. The fraction of sp³-hybridized carbons (Fsp3) is 0.364. The van der Waals surface area contributed by atoms with E-state index < -0.39 is 5.60 Å². The Balaban J connectivity index is 1.78. The van der Waals surface area contributed by atoms with Crippen LogP contribution in [0.1, 0.15) is 38.8 Å². The van der Waals surface area contributed by atoms with Crippen LogP contribution in [0.25, 0.3) is 22.3 Å². The van der Waals surface area contributed by atoms with E-state index >= 15 is 0 Å². The molecule has 156 valence electrons. The second kappa shape index (κ2) is 7.44. The van der Waals surface area contributed by atoms with E-state index in [-0.39, 0.29) is 12.0 Å². The van der Waals surface area contributed by atoms with Crippen LogP contribution in [0.5, 0.6) is 0 Å². The number of rotatable bonds is 2. The van der Waals surface area contributed by atoms with E-state index in [1.807, 2.05) is 45.0 Å². The number of aromatic amines is 1. The fourth-order valence-corrected chi connectivity index (χ4v) is 3.71. The largest absolute Gasteiger partial charge is 0.444 e. The number of hydrogen-bond acceptors (Lipinski definition) is 5. The highest BCUT2D eigenvalue weighted by atomic mass is 16.6. The Morgan fingerprint density at radius 1 is 1.23 bits per heavy atom. The van der Waals surface area contributed by atoms with Crippen LogP contribution < -0.4 is 5.32 Å². The van der Waals surface area contributed by atoms with Gasteiger partial charge in [-0.3, -0.25) is 9.89 Å². The lowest BCUT2D eigenvalue weighted by atomic mass is 9.93. The fourth-order valence-electron chi connectivity index (χ4n) is 3.71. The molecule has 1 aliphatic rings. The number of amides is 2. The molecule has 1 aromatic carbocycles. The van der Waals surface area contributed by atoms with Crippen molar-refractivity contribution in [3.63, 3.8) is 0 Å². The molecule has 3 heterocycles. The summed E-state index contributed by atoms with van der Waals surface area (Å²) in [6.45, 7) is 8.02. The zero-order chi connectivity index (χ0) is 21.5. The molecule has 30 heavy (non-hydrogen) atoms. The van der Waals surface area contributed by atoms with Crippen LogP contribution in [0.4, 0.5) is 10.5 Å².